The van der Waals surface area contributed by atoms with E-state index in [4.69, 9.17) is 14.3 Å². The van der Waals surface area contributed by atoms with E-state index in [0.717, 1.165) is 12.5 Å². The lowest BCUT2D eigenvalue weighted by atomic mass is 10.0. The second kappa shape index (κ2) is 9.00. The summed E-state index contributed by atoms with van der Waals surface area (Å²) in [5.74, 6) is -2.02. The Morgan fingerprint density at radius 2 is 1.81 bits per heavy atom. The number of carboxylic acid groups (broad SMARTS) is 1. The van der Waals surface area contributed by atoms with E-state index in [1.54, 1.807) is 49.4 Å². The molecule has 0 saturated heterocycles. The summed E-state index contributed by atoms with van der Waals surface area (Å²) in [7, 11) is -4.01. The molecule has 0 aliphatic carbocycles. The van der Waals surface area contributed by atoms with Crippen molar-refractivity contribution in [2.45, 2.75) is 25.2 Å². The van der Waals surface area contributed by atoms with E-state index in [1.165, 1.54) is 6.07 Å². The van der Waals surface area contributed by atoms with Gasteiger partial charge in [-0.25, -0.2) is 17.9 Å². The molecule has 3 rings (SSSR count). The minimum Gasteiger partial charge on any atom is -0.475 e. The van der Waals surface area contributed by atoms with Gasteiger partial charge in [-0.05, 0) is 24.1 Å². The summed E-state index contributed by atoms with van der Waals surface area (Å²) >= 11 is 0. The van der Waals surface area contributed by atoms with Gasteiger partial charge in [-0.1, -0.05) is 42.5 Å². The molecule has 0 aliphatic heterocycles. The Morgan fingerprint density at radius 3 is 2.42 bits per heavy atom. The third-order valence-corrected chi connectivity index (χ3v) is 5.70. The zero-order valence-corrected chi connectivity index (χ0v) is 17.6. The number of aromatic carboxylic acids is 1. The maximum absolute atomic E-state index is 12.5. The van der Waals surface area contributed by atoms with E-state index in [2.05, 4.69) is 4.98 Å². The number of ether oxygens (including phenoxy) is 1. The van der Waals surface area contributed by atoms with Gasteiger partial charge in [0.15, 0.2) is 5.76 Å². The Balaban J connectivity index is 1.91. The first-order valence-electron chi connectivity index (χ1n) is 9.28. The monoisotopic (exact) mass is 444 g/mol. The summed E-state index contributed by atoms with van der Waals surface area (Å²) in [6, 6.07) is 13.3. The summed E-state index contributed by atoms with van der Waals surface area (Å²) < 4.78 is 37.6. The number of nitrogens with one attached hydrogen (secondary N) is 1. The van der Waals surface area contributed by atoms with Crippen LogP contribution in [0.15, 0.2) is 57.8 Å². The van der Waals surface area contributed by atoms with Crippen LogP contribution in [0.1, 0.15) is 35.9 Å². The Labute approximate surface area is 178 Å². The first-order valence-corrected chi connectivity index (χ1v) is 10.8. The highest BCUT2D eigenvalue weighted by atomic mass is 32.2. The molecule has 9 nitrogen and oxygen atoms in total. The number of carbonyl (C=O) groups is 2. The molecular weight excluding hydrogens is 424 g/mol. The van der Waals surface area contributed by atoms with Gasteiger partial charge in [-0.15, -0.1) is 0 Å². The molecule has 3 aromatic rings. The van der Waals surface area contributed by atoms with Crippen LogP contribution in [0.25, 0.3) is 11.1 Å². The molecule has 0 radical (unpaired) electrons. The number of oxazole rings is 1. The molecule has 1 heterocycles. The molecule has 0 spiro atoms. The Morgan fingerprint density at radius 1 is 1.13 bits per heavy atom. The van der Waals surface area contributed by atoms with Gasteiger partial charge in [0.05, 0.1) is 11.5 Å². The van der Waals surface area contributed by atoms with Crippen LogP contribution in [0.2, 0.25) is 0 Å². The van der Waals surface area contributed by atoms with Crippen molar-refractivity contribution >= 4 is 21.9 Å². The first kappa shape index (κ1) is 22.0. The third kappa shape index (κ3) is 5.10. The van der Waals surface area contributed by atoms with Crippen molar-refractivity contribution in [3.05, 3.63) is 65.7 Å². The fraction of sp³-hybridized carbons (Fsp3) is 0.190. The van der Waals surface area contributed by atoms with Crippen LogP contribution in [0.3, 0.4) is 0 Å². The molecule has 1 amide bonds. The minimum atomic E-state index is -4.01. The van der Waals surface area contributed by atoms with Gasteiger partial charge < -0.3 is 14.3 Å². The first-order chi connectivity index (χ1) is 14.7. The van der Waals surface area contributed by atoms with Crippen molar-refractivity contribution in [3.63, 3.8) is 0 Å². The van der Waals surface area contributed by atoms with Gasteiger partial charge in [0.25, 0.3) is 15.9 Å². The molecule has 31 heavy (non-hydrogen) atoms. The molecular formula is C21H20N2O7S. The average Bonchev–Trinajstić information content (AvgIpc) is 3.11. The highest BCUT2D eigenvalue weighted by Crippen LogP contribution is 2.29. The van der Waals surface area contributed by atoms with Crippen molar-refractivity contribution in [1.29, 1.82) is 0 Å². The molecule has 162 valence electrons. The highest BCUT2D eigenvalue weighted by Gasteiger charge is 2.21. The van der Waals surface area contributed by atoms with Crippen LogP contribution in [-0.2, 0) is 21.2 Å². The van der Waals surface area contributed by atoms with E-state index in [1.807, 2.05) is 4.72 Å². The molecule has 1 aromatic heterocycles. The van der Waals surface area contributed by atoms with E-state index in [9.17, 15) is 18.0 Å². The molecule has 0 unspecified atom stereocenters. The van der Waals surface area contributed by atoms with Crippen molar-refractivity contribution in [3.8, 4) is 17.0 Å². The van der Waals surface area contributed by atoms with E-state index < -0.39 is 27.8 Å². The Bertz CT molecular complexity index is 1210. The normalized spacial score (nSPS) is 11.2. The molecule has 0 aliphatic rings. The Hall–Kier alpha value is -3.66. The van der Waals surface area contributed by atoms with Crippen LogP contribution in [-0.4, -0.2) is 37.0 Å². The van der Waals surface area contributed by atoms with E-state index in [0.29, 0.717) is 17.7 Å². The molecule has 0 bridgehead atoms. The minimum absolute atomic E-state index is 0.0158. The summed E-state index contributed by atoms with van der Waals surface area (Å²) in [5, 5.41) is 9.08. The Kier molecular flexibility index (Phi) is 6.40. The third-order valence-electron chi connectivity index (χ3n) is 4.21. The number of sulfonamides is 1. The van der Waals surface area contributed by atoms with Gasteiger partial charge in [0.1, 0.15) is 0 Å². The lowest BCUT2D eigenvalue weighted by Gasteiger charge is -2.11. The quantitative estimate of drug-likeness (QED) is 0.541. The number of hydrogen-bond acceptors (Lipinski definition) is 7. The summed E-state index contributed by atoms with van der Waals surface area (Å²) in [6.07, 6.45) is 0.238. The van der Waals surface area contributed by atoms with Crippen molar-refractivity contribution in [2.24, 2.45) is 0 Å². The van der Waals surface area contributed by atoms with Crippen molar-refractivity contribution in [1.82, 2.24) is 9.71 Å². The fourth-order valence-corrected chi connectivity index (χ4v) is 4.18. The largest absolute Gasteiger partial charge is 0.475 e. The smallest absolute Gasteiger partial charge is 0.392 e. The molecule has 0 fully saturated rings. The number of carboxylic acids is 1. The molecule has 0 saturated carbocycles. The van der Waals surface area contributed by atoms with Gasteiger partial charge in [0, 0.05) is 18.9 Å². The van der Waals surface area contributed by atoms with Gasteiger partial charge in [0.2, 0.25) is 5.91 Å². The van der Waals surface area contributed by atoms with Gasteiger partial charge in [-0.3, -0.25) is 4.79 Å². The molecule has 0 atom stereocenters. The van der Waals surface area contributed by atoms with Gasteiger partial charge >= 0.3 is 11.9 Å². The van der Waals surface area contributed by atoms with Crippen LogP contribution >= 0.6 is 0 Å². The molecule has 2 N–H and O–H groups in total. The second-order valence-corrected chi connectivity index (χ2v) is 8.17. The average molecular weight is 444 g/mol. The van der Waals surface area contributed by atoms with Crippen LogP contribution in [0, 0.1) is 0 Å². The highest BCUT2D eigenvalue weighted by molar-refractivity contribution is 7.90. The molecule has 10 heteroatoms. The lowest BCUT2D eigenvalue weighted by Crippen LogP contribution is -2.28. The van der Waals surface area contributed by atoms with E-state index >= 15 is 0 Å². The molecule has 2 aromatic carbocycles. The number of aromatic nitrogens is 1. The van der Waals surface area contributed by atoms with Crippen LogP contribution in [0.5, 0.6) is 5.88 Å². The summed E-state index contributed by atoms with van der Waals surface area (Å²) in [6.45, 7) is 3.18. The standard InChI is InChI=1S/C21H20N2O7S/c1-3-29-19-17(30-20(22-19)21(25)26)12-14-8-10-15(11-9-14)16-6-4-5-7-18(16)31(27,28)23-13(2)24/h4-11H,3,12H2,1-2H3,(H,23,24)(H,25,26). The van der Waals surface area contributed by atoms with Crippen molar-refractivity contribution in [2.75, 3.05) is 6.61 Å². The predicted molar refractivity (Wildman–Crippen MR) is 110 cm³/mol. The van der Waals surface area contributed by atoms with Gasteiger partial charge in [-0.2, -0.15) is 4.98 Å². The number of hydrogen-bond donors (Lipinski definition) is 2. The predicted octanol–water partition coefficient (Wildman–Crippen LogP) is 2.85. The number of nitrogens with zero attached hydrogens (tertiary/aromatic N) is 1. The second-order valence-electron chi connectivity index (χ2n) is 6.52. The summed E-state index contributed by atoms with van der Waals surface area (Å²) in [5.41, 5.74) is 1.84. The number of amides is 1. The van der Waals surface area contributed by atoms with Crippen LogP contribution < -0.4 is 9.46 Å². The number of benzene rings is 2. The van der Waals surface area contributed by atoms with Crippen molar-refractivity contribution < 1.29 is 32.3 Å². The zero-order valence-electron chi connectivity index (χ0n) is 16.8. The summed E-state index contributed by atoms with van der Waals surface area (Å²) in [4.78, 5) is 26.2. The number of carbonyl (C=O) groups excluding carboxylic acids is 1. The fourth-order valence-electron chi connectivity index (χ4n) is 2.96. The maximum Gasteiger partial charge on any atom is 0.392 e. The van der Waals surface area contributed by atoms with Crippen LogP contribution in [0.4, 0.5) is 0 Å². The lowest BCUT2D eigenvalue weighted by molar-refractivity contribution is -0.117. The van der Waals surface area contributed by atoms with E-state index in [-0.39, 0.29) is 23.0 Å². The maximum atomic E-state index is 12.5. The zero-order chi connectivity index (χ0) is 22.6. The number of rotatable bonds is 8. The topological polar surface area (TPSA) is 136 Å². The SMILES string of the molecule is CCOc1nc(C(=O)O)oc1Cc1ccc(-c2ccccc2S(=O)(=O)NC(C)=O)cc1.